The maximum absolute atomic E-state index is 12.4. The van der Waals surface area contributed by atoms with Crippen LogP contribution in [0.2, 0.25) is 0 Å². The molecule has 3 rings (SSSR count). The number of fused-ring (bicyclic) bond motifs is 1. The number of nitrogens with zero attached hydrogens (tertiary/aromatic N) is 1. The van der Waals surface area contributed by atoms with E-state index in [9.17, 15) is 4.79 Å². The molecule has 4 nitrogen and oxygen atoms in total. The van der Waals surface area contributed by atoms with Gasteiger partial charge in [-0.3, -0.25) is 4.79 Å². The Morgan fingerprint density at radius 3 is 2.57 bits per heavy atom. The molecular formula is C16H14BrN3O. The summed E-state index contributed by atoms with van der Waals surface area (Å²) < 4.78 is 2.71. The van der Waals surface area contributed by atoms with Crippen molar-refractivity contribution >= 4 is 44.0 Å². The van der Waals surface area contributed by atoms with Crippen molar-refractivity contribution in [3.63, 3.8) is 0 Å². The van der Waals surface area contributed by atoms with Crippen LogP contribution in [0.15, 0.2) is 53.1 Å². The standard InChI is InChI=1S/C16H14BrN3O/c1-20-9-10(18)8-15(20)16(21)19-14-7-6-13(17)11-4-2-3-5-12(11)14/h2-9H,18H2,1H3,(H,19,21). The average Bonchev–Trinajstić information content (AvgIpc) is 2.81. The number of nitrogen functional groups attached to an aromatic ring is 1. The molecular weight excluding hydrogens is 330 g/mol. The van der Waals surface area contributed by atoms with Gasteiger partial charge in [0, 0.05) is 28.8 Å². The van der Waals surface area contributed by atoms with Crippen molar-refractivity contribution in [2.45, 2.75) is 0 Å². The lowest BCUT2D eigenvalue weighted by atomic mass is 10.1. The van der Waals surface area contributed by atoms with Gasteiger partial charge in [-0.25, -0.2) is 0 Å². The Bertz CT molecular complexity index is 839. The monoisotopic (exact) mass is 343 g/mol. The third-order valence-electron chi connectivity index (χ3n) is 3.38. The molecule has 1 amide bonds. The van der Waals surface area contributed by atoms with Crippen molar-refractivity contribution in [3.8, 4) is 0 Å². The van der Waals surface area contributed by atoms with Gasteiger partial charge in [0.1, 0.15) is 5.69 Å². The summed E-state index contributed by atoms with van der Waals surface area (Å²) in [6, 6.07) is 13.4. The fraction of sp³-hybridized carbons (Fsp3) is 0.0625. The lowest BCUT2D eigenvalue weighted by Crippen LogP contribution is -2.15. The van der Waals surface area contributed by atoms with Crippen molar-refractivity contribution in [1.29, 1.82) is 0 Å². The zero-order chi connectivity index (χ0) is 15.0. The number of aryl methyl sites for hydroxylation is 1. The highest BCUT2D eigenvalue weighted by Gasteiger charge is 2.13. The van der Waals surface area contributed by atoms with E-state index in [-0.39, 0.29) is 5.91 Å². The summed E-state index contributed by atoms with van der Waals surface area (Å²) in [5, 5.41) is 4.99. The molecule has 0 saturated heterocycles. The van der Waals surface area contributed by atoms with Gasteiger partial charge < -0.3 is 15.6 Å². The number of nitrogens with two attached hydrogens (primary N) is 1. The molecule has 0 aliphatic heterocycles. The molecule has 106 valence electrons. The molecule has 5 heteroatoms. The van der Waals surface area contributed by atoms with Crippen LogP contribution in [0.25, 0.3) is 10.8 Å². The molecule has 3 aromatic rings. The second-order valence-corrected chi connectivity index (χ2v) is 5.72. The zero-order valence-electron chi connectivity index (χ0n) is 11.4. The third-order valence-corrected chi connectivity index (χ3v) is 4.07. The van der Waals surface area contributed by atoms with Gasteiger partial charge in [0.05, 0.1) is 5.69 Å². The van der Waals surface area contributed by atoms with E-state index in [2.05, 4.69) is 21.2 Å². The lowest BCUT2D eigenvalue weighted by Gasteiger charge is -2.10. The summed E-state index contributed by atoms with van der Waals surface area (Å²) in [5.41, 5.74) is 7.59. The number of nitrogens with one attached hydrogen (secondary N) is 1. The summed E-state index contributed by atoms with van der Waals surface area (Å²) in [6.07, 6.45) is 1.72. The Hall–Kier alpha value is -2.27. The van der Waals surface area contributed by atoms with Gasteiger partial charge in [-0.05, 0) is 23.6 Å². The predicted molar refractivity (Wildman–Crippen MR) is 89.4 cm³/mol. The average molecular weight is 344 g/mol. The van der Waals surface area contributed by atoms with Gasteiger partial charge in [0.2, 0.25) is 0 Å². The number of carbonyl (C=O) groups is 1. The highest BCUT2D eigenvalue weighted by molar-refractivity contribution is 9.10. The van der Waals surface area contributed by atoms with Gasteiger partial charge in [0.25, 0.3) is 5.91 Å². The lowest BCUT2D eigenvalue weighted by molar-refractivity contribution is 0.101. The molecule has 0 atom stereocenters. The molecule has 3 N–H and O–H groups in total. The van der Waals surface area contributed by atoms with Gasteiger partial charge in [-0.15, -0.1) is 0 Å². The van der Waals surface area contributed by atoms with Crippen LogP contribution in [-0.4, -0.2) is 10.5 Å². The van der Waals surface area contributed by atoms with E-state index in [1.54, 1.807) is 23.9 Å². The molecule has 2 aromatic carbocycles. The van der Waals surface area contributed by atoms with Crippen LogP contribution in [0.5, 0.6) is 0 Å². The van der Waals surface area contributed by atoms with Crippen LogP contribution in [0.3, 0.4) is 0 Å². The first-order chi connectivity index (χ1) is 10.1. The fourth-order valence-electron chi connectivity index (χ4n) is 2.37. The molecule has 1 heterocycles. The molecule has 0 radical (unpaired) electrons. The second-order valence-electron chi connectivity index (χ2n) is 4.86. The molecule has 0 fully saturated rings. The van der Waals surface area contributed by atoms with Crippen LogP contribution in [0, 0.1) is 0 Å². The maximum Gasteiger partial charge on any atom is 0.272 e. The Balaban J connectivity index is 2.01. The van der Waals surface area contributed by atoms with Crippen LogP contribution in [0.4, 0.5) is 11.4 Å². The zero-order valence-corrected chi connectivity index (χ0v) is 13.0. The minimum atomic E-state index is -0.179. The topological polar surface area (TPSA) is 60.0 Å². The van der Waals surface area contributed by atoms with E-state index >= 15 is 0 Å². The van der Waals surface area contributed by atoms with Crippen molar-refractivity contribution in [2.24, 2.45) is 7.05 Å². The number of rotatable bonds is 2. The number of hydrogen-bond donors (Lipinski definition) is 2. The molecule has 0 spiro atoms. The summed E-state index contributed by atoms with van der Waals surface area (Å²) in [4.78, 5) is 12.4. The van der Waals surface area contributed by atoms with Crippen LogP contribution in [0.1, 0.15) is 10.5 Å². The maximum atomic E-state index is 12.4. The van der Waals surface area contributed by atoms with Crippen LogP contribution in [-0.2, 0) is 7.05 Å². The smallest absolute Gasteiger partial charge is 0.272 e. The summed E-state index contributed by atoms with van der Waals surface area (Å²) in [6.45, 7) is 0. The van der Waals surface area contributed by atoms with E-state index in [1.807, 2.05) is 36.4 Å². The molecule has 0 saturated carbocycles. The van der Waals surface area contributed by atoms with Crippen molar-refractivity contribution in [2.75, 3.05) is 11.1 Å². The van der Waals surface area contributed by atoms with Crippen molar-refractivity contribution in [3.05, 3.63) is 58.8 Å². The van der Waals surface area contributed by atoms with E-state index < -0.39 is 0 Å². The van der Waals surface area contributed by atoms with E-state index in [4.69, 9.17) is 5.73 Å². The van der Waals surface area contributed by atoms with Crippen molar-refractivity contribution < 1.29 is 4.79 Å². The van der Waals surface area contributed by atoms with Gasteiger partial charge in [0.15, 0.2) is 0 Å². The minimum absolute atomic E-state index is 0.179. The number of halogens is 1. The summed E-state index contributed by atoms with van der Waals surface area (Å²) in [5.74, 6) is -0.179. The molecule has 1 aromatic heterocycles. The van der Waals surface area contributed by atoms with E-state index in [0.29, 0.717) is 11.4 Å². The number of carbonyl (C=O) groups excluding carboxylic acids is 1. The fourth-order valence-corrected chi connectivity index (χ4v) is 2.85. The second kappa shape index (κ2) is 5.26. The first-order valence-electron chi connectivity index (χ1n) is 6.46. The molecule has 21 heavy (non-hydrogen) atoms. The van der Waals surface area contributed by atoms with Gasteiger partial charge in [-0.2, -0.15) is 0 Å². The quantitative estimate of drug-likeness (QED) is 0.743. The van der Waals surface area contributed by atoms with E-state index in [1.165, 1.54) is 0 Å². The molecule has 0 bridgehead atoms. The predicted octanol–water partition coefficient (Wildman–Crippen LogP) is 3.78. The minimum Gasteiger partial charge on any atom is -0.397 e. The Labute approximate surface area is 130 Å². The Kier molecular flexibility index (Phi) is 3.43. The molecule has 0 unspecified atom stereocenters. The molecule has 0 aliphatic carbocycles. The highest BCUT2D eigenvalue weighted by Crippen LogP contribution is 2.30. The van der Waals surface area contributed by atoms with E-state index in [0.717, 1.165) is 20.9 Å². The van der Waals surface area contributed by atoms with Gasteiger partial charge in [-0.1, -0.05) is 40.2 Å². The summed E-state index contributed by atoms with van der Waals surface area (Å²) in [7, 11) is 1.80. The normalized spacial score (nSPS) is 10.8. The number of amides is 1. The summed E-state index contributed by atoms with van der Waals surface area (Å²) >= 11 is 3.52. The number of benzene rings is 2. The number of hydrogen-bond acceptors (Lipinski definition) is 2. The van der Waals surface area contributed by atoms with Gasteiger partial charge >= 0.3 is 0 Å². The van der Waals surface area contributed by atoms with Crippen LogP contribution >= 0.6 is 15.9 Å². The SMILES string of the molecule is Cn1cc(N)cc1C(=O)Nc1ccc(Br)c2ccccc12. The Morgan fingerprint density at radius 1 is 1.19 bits per heavy atom. The molecule has 0 aliphatic rings. The highest BCUT2D eigenvalue weighted by atomic mass is 79.9. The third kappa shape index (κ3) is 2.52. The first kappa shape index (κ1) is 13.7. The Morgan fingerprint density at radius 2 is 1.90 bits per heavy atom. The number of anilines is 2. The largest absolute Gasteiger partial charge is 0.397 e. The van der Waals surface area contributed by atoms with Crippen LogP contribution < -0.4 is 11.1 Å². The van der Waals surface area contributed by atoms with Crippen molar-refractivity contribution in [1.82, 2.24) is 4.57 Å². The number of aromatic nitrogens is 1. The first-order valence-corrected chi connectivity index (χ1v) is 7.26.